The summed E-state index contributed by atoms with van der Waals surface area (Å²) < 4.78 is 0. The van der Waals surface area contributed by atoms with Gasteiger partial charge >= 0.3 is 0 Å². The molecule has 2 heteroatoms. The van der Waals surface area contributed by atoms with Crippen LogP contribution in [0.4, 0.5) is 0 Å². The predicted octanol–water partition coefficient (Wildman–Crippen LogP) is 2.82. The van der Waals surface area contributed by atoms with Gasteiger partial charge in [-0.05, 0) is 62.2 Å². The quantitative estimate of drug-likeness (QED) is 0.692. The van der Waals surface area contributed by atoms with Crippen LogP contribution in [0, 0.1) is 0 Å². The summed E-state index contributed by atoms with van der Waals surface area (Å²) in [6, 6.07) is 9.83. The van der Waals surface area contributed by atoms with Crippen molar-refractivity contribution >= 4 is 0 Å². The second kappa shape index (κ2) is 6.91. The van der Waals surface area contributed by atoms with Crippen LogP contribution in [-0.2, 0) is 6.42 Å². The molecule has 0 radical (unpaired) electrons. The average molecular weight is 246 g/mol. The molecule has 1 aliphatic rings. The first kappa shape index (κ1) is 13.6. The fourth-order valence-corrected chi connectivity index (χ4v) is 2.20. The molecule has 2 rings (SSSR count). The molecular formula is C16H26N2. The highest BCUT2D eigenvalue weighted by Crippen LogP contribution is 2.18. The van der Waals surface area contributed by atoms with E-state index in [2.05, 4.69) is 36.5 Å². The van der Waals surface area contributed by atoms with Crippen molar-refractivity contribution in [3.63, 3.8) is 0 Å². The van der Waals surface area contributed by atoms with Gasteiger partial charge in [-0.15, -0.1) is 0 Å². The number of benzene rings is 1. The SMILES string of the molecule is CC(CN)c1ccc(CCCCNC2CC2)cc1. The van der Waals surface area contributed by atoms with Gasteiger partial charge in [0.2, 0.25) is 0 Å². The lowest BCUT2D eigenvalue weighted by Crippen LogP contribution is -2.17. The zero-order valence-electron chi connectivity index (χ0n) is 11.5. The number of hydrogen-bond donors (Lipinski definition) is 2. The van der Waals surface area contributed by atoms with Gasteiger partial charge in [-0.3, -0.25) is 0 Å². The van der Waals surface area contributed by atoms with Gasteiger partial charge < -0.3 is 11.1 Å². The van der Waals surface area contributed by atoms with Gasteiger partial charge in [0.15, 0.2) is 0 Å². The topological polar surface area (TPSA) is 38.0 Å². The van der Waals surface area contributed by atoms with E-state index in [1.54, 1.807) is 0 Å². The van der Waals surface area contributed by atoms with Crippen molar-refractivity contribution in [3.8, 4) is 0 Å². The third-order valence-corrected chi connectivity index (χ3v) is 3.80. The van der Waals surface area contributed by atoms with Gasteiger partial charge in [0.1, 0.15) is 0 Å². The van der Waals surface area contributed by atoms with Crippen LogP contribution in [0.3, 0.4) is 0 Å². The Kier molecular flexibility index (Phi) is 5.21. The minimum Gasteiger partial charge on any atom is -0.330 e. The number of hydrogen-bond acceptors (Lipinski definition) is 2. The van der Waals surface area contributed by atoms with Crippen LogP contribution in [0.1, 0.15) is 49.7 Å². The molecule has 1 aliphatic carbocycles. The maximum atomic E-state index is 5.68. The van der Waals surface area contributed by atoms with Crippen LogP contribution in [0.5, 0.6) is 0 Å². The Morgan fingerprint density at radius 3 is 2.56 bits per heavy atom. The molecule has 2 nitrogen and oxygen atoms in total. The normalized spacial score (nSPS) is 16.8. The van der Waals surface area contributed by atoms with Crippen LogP contribution in [0.25, 0.3) is 0 Å². The summed E-state index contributed by atoms with van der Waals surface area (Å²) in [4.78, 5) is 0. The number of nitrogens with one attached hydrogen (secondary N) is 1. The lowest BCUT2D eigenvalue weighted by molar-refractivity contribution is 0.619. The van der Waals surface area contributed by atoms with Crippen molar-refractivity contribution < 1.29 is 0 Å². The molecule has 100 valence electrons. The molecule has 0 aliphatic heterocycles. The van der Waals surface area contributed by atoms with E-state index in [0.717, 1.165) is 12.6 Å². The molecule has 1 fully saturated rings. The summed E-state index contributed by atoms with van der Waals surface area (Å²) in [7, 11) is 0. The van der Waals surface area contributed by atoms with E-state index in [-0.39, 0.29) is 0 Å². The lowest BCUT2D eigenvalue weighted by Gasteiger charge is -2.09. The van der Waals surface area contributed by atoms with E-state index in [1.165, 1.54) is 49.8 Å². The number of nitrogens with two attached hydrogens (primary N) is 1. The van der Waals surface area contributed by atoms with E-state index < -0.39 is 0 Å². The highest BCUT2D eigenvalue weighted by molar-refractivity contribution is 5.25. The fraction of sp³-hybridized carbons (Fsp3) is 0.625. The zero-order valence-corrected chi connectivity index (χ0v) is 11.5. The molecule has 1 aromatic rings. The van der Waals surface area contributed by atoms with Gasteiger partial charge in [0, 0.05) is 6.04 Å². The molecule has 1 aromatic carbocycles. The second-order valence-electron chi connectivity index (χ2n) is 5.56. The molecule has 0 aromatic heterocycles. The molecule has 0 heterocycles. The maximum Gasteiger partial charge on any atom is 0.00682 e. The lowest BCUT2D eigenvalue weighted by atomic mass is 9.98. The molecule has 3 N–H and O–H groups in total. The summed E-state index contributed by atoms with van der Waals surface area (Å²) >= 11 is 0. The molecule has 0 spiro atoms. The van der Waals surface area contributed by atoms with Crippen molar-refractivity contribution in [1.82, 2.24) is 5.32 Å². The summed E-state index contributed by atoms with van der Waals surface area (Å²) in [5.74, 6) is 0.474. The molecule has 1 unspecified atom stereocenters. The standard InChI is InChI=1S/C16H26N2/c1-13(12-17)15-7-5-14(6-8-15)4-2-3-11-18-16-9-10-16/h5-8,13,16,18H,2-4,9-12,17H2,1H3. The number of rotatable bonds is 8. The van der Waals surface area contributed by atoms with Gasteiger partial charge in [-0.2, -0.15) is 0 Å². The molecule has 0 bridgehead atoms. The Balaban J connectivity index is 1.65. The summed E-state index contributed by atoms with van der Waals surface area (Å²) in [5, 5.41) is 3.56. The Hall–Kier alpha value is -0.860. The largest absolute Gasteiger partial charge is 0.330 e. The van der Waals surface area contributed by atoms with Crippen molar-refractivity contribution in [2.75, 3.05) is 13.1 Å². The Labute approximate surface area is 111 Å². The van der Waals surface area contributed by atoms with Crippen LogP contribution in [0.2, 0.25) is 0 Å². The minimum absolute atomic E-state index is 0.474. The average Bonchev–Trinajstić information content (AvgIpc) is 3.22. The van der Waals surface area contributed by atoms with Crippen LogP contribution < -0.4 is 11.1 Å². The van der Waals surface area contributed by atoms with E-state index in [1.807, 2.05) is 0 Å². The predicted molar refractivity (Wildman–Crippen MR) is 77.9 cm³/mol. The molecule has 0 saturated heterocycles. The van der Waals surface area contributed by atoms with Gasteiger partial charge in [0.25, 0.3) is 0 Å². The number of unbranched alkanes of at least 4 members (excludes halogenated alkanes) is 1. The smallest absolute Gasteiger partial charge is 0.00682 e. The molecule has 1 saturated carbocycles. The highest BCUT2D eigenvalue weighted by Gasteiger charge is 2.19. The van der Waals surface area contributed by atoms with Crippen molar-refractivity contribution in [1.29, 1.82) is 0 Å². The van der Waals surface area contributed by atoms with Crippen LogP contribution in [0.15, 0.2) is 24.3 Å². The molecule has 0 amide bonds. The third-order valence-electron chi connectivity index (χ3n) is 3.80. The first-order chi connectivity index (χ1) is 8.79. The molecular weight excluding hydrogens is 220 g/mol. The van der Waals surface area contributed by atoms with Crippen molar-refractivity contribution in [2.24, 2.45) is 5.73 Å². The van der Waals surface area contributed by atoms with Gasteiger partial charge in [-0.1, -0.05) is 31.2 Å². The minimum atomic E-state index is 0.474. The molecule has 18 heavy (non-hydrogen) atoms. The third kappa shape index (κ3) is 4.43. The van der Waals surface area contributed by atoms with Crippen molar-refractivity contribution in [3.05, 3.63) is 35.4 Å². The Bertz CT molecular complexity index is 341. The highest BCUT2D eigenvalue weighted by atomic mass is 14.9. The van der Waals surface area contributed by atoms with Crippen molar-refractivity contribution in [2.45, 2.75) is 51.0 Å². The first-order valence-electron chi connectivity index (χ1n) is 7.32. The van der Waals surface area contributed by atoms with E-state index in [4.69, 9.17) is 5.73 Å². The fourth-order valence-electron chi connectivity index (χ4n) is 2.20. The first-order valence-corrected chi connectivity index (χ1v) is 7.32. The van der Waals surface area contributed by atoms with Gasteiger partial charge in [-0.25, -0.2) is 0 Å². The van der Waals surface area contributed by atoms with E-state index in [9.17, 15) is 0 Å². The molecule has 1 atom stereocenters. The van der Waals surface area contributed by atoms with Crippen LogP contribution in [-0.4, -0.2) is 19.1 Å². The second-order valence-corrected chi connectivity index (χ2v) is 5.56. The summed E-state index contributed by atoms with van der Waals surface area (Å²) in [5.41, 5.74) is 8.49. The van der Waals surface area contributed by atoms with E-state index in [0.29, 0.717) is 5.92 Å². The van der Waals surface area contributed by atoms with E-state index >= 15 is 0 Å². The Morgan fingerprint density at radius 1 is 1.22 bits per heavy atom. The van der Waals surface area contributed by atoms with Gasteiger partial charge in [0.05, 0.1) is 0 Å². The summed E-state index contributed by atoms with van der Waals surface area (Å²) in [6.07, 6.45) is 6.55. The van der Waals surface area contributed by atoms with Crippen LogP contribution >= 0.6 is 0 Å². The summed E-state index contributed by atoms with van der Waals surface area (Å²) in [6.45, 7) is 4.09. The Morgan fingerprint density at radius 2 is 1.94 bits per heavy atom. The maximum absolute atomic E-state index is 5.68. The monoisotopic (exact) mass is 246 g/mol. The number of aryl methyl sites for hydroxylation is 1. The zero-order chi connectivity index (χ0) is 12.8.